The largest absolute Gasteiger partial charge is 0.430 e. The van der Waals surface area contributed by atoms with Crippen molar-refractivity contribution in [1.29, 1.82) is 5.26 Å². The lowest BCUT2D eigenvalue weighted by molar-refractivity contribution is -0.385. The highest BCUT2D eigenvalue weighted by Crippen LogP contribution is 2.37. The Morgan fingerprint density at radius 2 is 2.10 bits per heavy atom. The van der Waals surface area contributed by atoms with E-state index in [-0.39, 0.29) is 33.1 Å². The van der Waals surface area contributed by atoms with Crippen LogP contribution in [-0.4, -0.2) is 9.91 Å². The van der Waals surface area contributed by atoms with E-state index in [4.69, 9.17) is 33.2 Å². The first-order valence-electron chi connectivity index (χ1n) is 5.19. The van der Waals surface area contributed by atoms with Gasteiger partial charge in [0.25, 0.3) is 0 Å². The van der Waals surface area contributed by atoms with Gasteiger partial charge in [0.1, 0.15) is 5.15 Å². The number of ether oxygens (including phenoxy) is 1. The zero-order chi connectivity index (χ0) is 14.7. The van der Waals surface area contributed by atoms with Gasteiger partial charge in [-0.3, -0.25) is 10.1 Å². The van der Waals surface area contributed by atoms with E-state index >= 15 is 0 Å². The van der Waals surface area contributed by atoms with Crippen molar-refractivity contribution in [3.8, 4) is 17.7 Å². The molecule has 2 rings (SSSR count). The minimum Gasteiger partial charge on any atom is -0.430 e. The molecular formula is C12H5Cl2N3O3. The third kappa shape index (κ3) is 2.96. The maximum Gasteiger partial charge on any atom is 0.313 e. The van der Waals surface area contributed by atoms with Crippen LogP contribution < -0.4 is 4.74 Å². The minimum atomic E-state index is -0.628. The molecule has 0 saturated heterocycles. The van der Waals surface area contributed by atoms with Crippen LogP contribution in [0.15, 0.2) is 30.3 Å². The fraction of sp³-hybridized carbons (Fsp3) is 0. The van der Waals surface area contributed by atoms with Gasteiger partial charge in [-0.05, 0) is 12.1 Å². The number of rotatable bonds is 3. The van der Waals surface area contributed by atoms with E-state index in [0.717, 1.165) is 0 Å². The molecule has 0 aliphatic carbocycles. The monoisotopic (exact) mass is 309 g/mol. The first-order chi connectivity index (χ1) is 9.51. The Labute approximate surface area is 123 Å². The lowest BCUT2D eigenvalue weighted by Crippen LogP contribution is -1.96. The SMILES string of the molecule is N#Cc1cc(Cl)nc(Oc2c(Cl)cccc2[N+](=O)[O-])c1. The number of nitriles is 1. The van der Waals surface area contributed by atoms with E-state index in [2.05, 4.69) is 4.98 Å². The molecule has 1 aromatic heterocycles. The molecular weight excluding hydrogens is 305 g/mol. The van der Waals surface area contributed by atoms with Crippen LogP contribution in [-0.2, 0) is 0 Å². The number of nitro groups is 1. The van der Waals surface area contributed by atoms with Crippen molar-refractivity contribution < 1.29 is 9.66 Å². The van der Waals surface area contributed by atoms with Crippen LogP contribution in [0.3, 0.4) is 0 Å². The summed E-state index contributed by atoms with van der Waals surface area (Å²) >= 11 is 11.6. The van der Waals surface area contributed by atoms with Crippen molar-refractivity contribution in [3.05, 3.63) is 56.2 Å². The molecule has 8 heteroatoms. The Kier molecular flexibility index (Phi) is 4.03. The van der Waals surface area contributed by atoms with E-state index < -0.39 is 4.92 Å². The summed E-state index contributed by atoms with van der Waals surface area (Å²) in [6, 6.07) is 8.64. The molecule has 0 fully saturated rings. The molecule has 0 amide bonds. The van der Waals surface area contributed by atoms with Gasteiger partial charge in [-0.1, -0.05) is 29.3 Å². The van der Waals surface area contributed by atoms with Gasteiger partial charge in [-0.25, -0.2) is 4.98 Å². The first kappa shape index (κ1) is 14.1. The van der Waals surface area contributed by atoms with Crippen LogP contribution in [0.4, 0.5) is 5.69 Å². The molecule has 2 aromatic rings. The second kappa shape index (κ2) is 5.74. The summed E-state index contributed by atoms with van der Waals surface area (Å²) in [6.45, 7) is 0. The van der Waals surface area contributed by atoms with Gasteiger partial charge in [0.05, 0.1) is 21.6 Å². The highest BCUT2D eigenvalue weighted by molar-refractivity contribution is 6.32. The number of pyridine rings is 1. The topological polar surface area (TPSA) is 89.0 Å². The molecule has 1 heterocycles. The molecule has 0 spiro atoms. The Balaban J connectivity index is 2.48. The molecule has 1 aromatic carbocycles. The van der Waals surface area contributed by atoms with Crippen LogP contribution in [0.5, 0.6) is 11.6 Å². The molecule has 0 radical (unpaired) electrons. The Bertz CT molecular complexity index is 728. The molecule has 0 bridgehead atoms. The number of halogens is 2. The van der Waals surface area contributed by atoms with Crippen molar-refractivity contribution in [2.75, 3.05) is 0 Å². The van der Waals surface area contributed by atoms with Crippen LogP contribution in [0.2, 0.25) is 10.2 Å². The summed E-state index contributed by atoms with van der Waals surface area (Å²) in [7, 11) is 0. The zero-order valence-electron chi connectivity index (χ0n) is 9.71. The summed E-state index contributed by atoms with van der Waals surface area (Å²) in [5, 5.41) is 19.8. The smallest absolute Gasteiger partial charge is 0.313 e. The van der Waals surface area contributed by atoms with Crippen LogP contribution in [0, 0.1) is 21.4 Å². The number of aromatic nitrogens is 1. The molecule has 6 nitrogen and oxygen atoms in total. The predicted molar refractivity (Wildman–Crippen MR) is 72.1 cm³/mol. The van der Waals surface area contributed by atoms with Gasteiger partial charge >= 0.3 is 5.69 Å². The molecule has 0 unspecified atom stereocenters. The van der Waals surface area contributed by atoms with Crippen LogP contribution in [0.1, 0.15) is 5.56 Å². The molecule has 0 atom stereocenters. The number of nitro benzene ring substituents is 1. The fourth-order valence-electron chi connectivity index (χ4n) is 1.44. The number of nitrogens with zero attached hydrogens (tertiary/aromatic N) is 3. The summed E-state index contributed by atoms with van der Waals surface area (Å²) < 4.78 is 5.30. The Morgan fingerprint density at radius 1 is 1.35 bits per heavy atom. The number of hydrogen-bond acceptors (Lipinski definition) is 5. The fourth-order valence-corrected chi connectivity index (χ4v) is 1.85. The molecule has 0 aliphatic rings. The lowest BCUT2D eigenvalue weighted by atomic mass is 10.3. The van der Waals surface area contributed by atoms with Crippen LogP contribution in [0.25, 0.3) is 0 Å². The molecule has 0 N–H and O–H groups in total. The second-order valence-corrected chi connectivity index (χ2v) is 4.37. The second-order valence-electron chi connectivity index (χ2n) is 3.58. The predicted octanol–water partition coefficient (Wildman–Crippen LogP) is 3.96. The molecule has 0 aliphatic heterocycles. The van der Waals surface area contributed by atoms with Crippen molar-refractivity contribution >= 4 is 28.9 Å². The molecule has 0 saturated carbocycles. The maximum absolute atomic E-state index is 10.9. The average molecular weight is 310 g/mol. The van der Waals surface area contributed by atoms with E-state index in [9.17, 15) is 10.1 Å². The highest BCUT2D eigenvalue weighted by Gasteiger charge is 2.19. The van der Waals surface area contributed by atoms with Gasteiger partial charge < -0.3 is 4.74 Å². The summed E-state index contributed by atoms with van der Waals surface area (Å²) in [5.74, 6) is -0.205. The van der Waals surface area contributed by atoms with Gasteiger partial charge in [0.15, 0.2) is 0 Å². The van der Waals surface area contributed by atoms with Crippen molar-refractivity contribution in [2.24, 2.45) is 0 Å². The van der Waals surface area contributed by atoms with Gasteiger partial charge in [0.2, 0.25) is 11.6 Å². The Hall–Kier alpha value is -2.36. The van der Waals surface area contributed by atoms with E-state index in [0.29, 0.717) is 0 Å². The van der Waals surface area contributed by atoms with Gasteiger partial charge in [-0.2, -0.15) is 5.26 Å². The summed E-state index contributed by atoms with van der Waals surface area (Å²) in [4.78, 5) is 14.1. The minimum absolute atomic E-state index is 0.0359. The van der Waals surface area contributed by atoms with E-state index in [1.165, 1.54) is 30.3 Å². The Morgan fingerprint density at radius 3 is 2.75 bits per heavy atom. The third-order valence-corrected chi connectivity index (χ3v) is 2.74. The van der Waals surface area contributed by atoms with Crippen molar-refractivity contribution in [3.63, 3.8) is 0 Å². The first-order valence-corrected chi connectivity index (χ1v) is 5.95. The standard InChI is InChI=1S/C12H5Cl2N3O3/c13-8-2-1-3-9(17(18)19)12(8)20-11-5-7(6-15)4-10(14)16-11/h1-5H. The molecule has 100 valence electrons. The number of benzene rings is 1. The highest BCUT2D eigenvalue weighted by atomic mass is 35.5. The quantitative estimate of drug-likeness (QED) is 0.486. The third-order valence-electron chi connectivity index (χ3n) is 2.25. The van der Waals surface area contributed by atoms with Gasteiger partial charge in [-0.15, -0.1) is 0 Å². The molecule has 20 heavy (non-hydrogen) atoms. The van der Waals surface area contributed by atoms with E-state index in [1.807, 2.05) is 6.07 Å². The lowest BCUT2D eigenvalue weighted by Gasteiger charge is -2.07. The maximum atomic E-state index is 10.9. The van der Waals surface area contributed by atoms with Crippen LogP contribution >= 0.6 is 23.2 Å². The van der Waals surface area contributed by atoms with Gasteiger partial charge in [0, 0.05) is 12.1 Å². The zero-order valence-corrected chi connectivity index (χ0v) is 11.2. The number of hydrogen-bond donors (Lipinski definition) is 0. The van der Waals surface area contributed by atoms with Crippen molar-refractivity contribution in [1.82, 2.24) is 4.98 Å². The van der Waals surface area contributed by atoms with Crippen molar-refractivity contribution in [2.45, 2.75) is 0 Å². The summed E-state index contributed by atoms with van der Waals surface area (Å²) in [6.07, 6.45) is 0. The average Bonchev–Trinajstić information content (AvgIpc) is 2.40. The van der Waals surface area contributed by atoms with E-state index in [1.54, 1.807) is 0 Å². The normalized spacial score (nSPS) is 9.85. The summed E-state index contributed by atoms with van der Waals surface area (Å²) in [5.41, 5.74) is -0.0903. The number of para-hydroxylation sites is 1.